The monoisotopic (exact) mass is 227 g/mol. The highest BCUT2D eigenvalue weighted by molar-refractivity contribution is 6.31. The minimum Gasteiger partial charge on any atom is -0.454 e. The average Bonchev–Trinajstić information content (AvgIpc) is 2.66. The van der Waals surface area contributed by atoms with Crippen LogP contribution in [-0.2, 0) is 13.0 Å². The molecule has 2 rings (SSSR count). The number of benzene rings is 1. The molecule has 0 saturated carbocycles. The second kappa shape index (κ2) is 4.29. The van der Waals surface area contributed by atoms with Gasteiger partial charge in [0.1, 0.15) is 0 Å². The predicted molar refractivity (Wildman–Crippen MR) is 59.7 cm³/mol. The van der Waals surface area contributed by atoms with E-state index in [0.29, 0.717) is 6.79 Å². The van der Waals surface area contributed by atoms with Crippen molar-refractivity contribution in [2.75, 3.05) is 13.8 Å². The van der Waals surface area contributed by atoms with E-state index in [4.69, 9.17) is 21.1 Å². The number of halogens is 1. The van der Waals surface area contributed by atoms with E-state index in [1.54, 1.807) is 0 Å². The molecule has 0 fully saturated rings. The summed E-state index contributed by atoms with van der Waals surface area (Å²) in [5.74, 6) is 1.61. The van der Waals surface area contributed by atoms with Gasteiger partial charge in [-0.05, 0) is 19.0 Å². The largest absolute Gasteiger partial charge is 0.454 e. The van der Waals surface area contributed by atoms with Crippen LogP contribution in [0.5, 0.6) is 11.5 Å². The number of ether oxygens (including phenoxy) is 2. The molecule has 1 aromatic rings. The second-order valence-corrected chi connectivity index (χ2v) is 3.84. The Kier molecular flexibility index (Phi) is 3.03. The molecule has 1 heterocycles. The quantitative estimate of drug-likeness (QED) is 0.860. The minimum absolute atomic E-state index is 0.293. The molecule has 1 N–H and O–H groups in total. The van der Waals surface area contributed by atoms with Crippen LogP contribution in [0.2, 0.25) is 5.02 Å². The first kappa shape index (κ1) is 10.6. The van der Waals surface area contributed by atoms with Crippen LogP contribution in [0.4, 0.5) is 0 Å². The van der Waals surface area contributed by atoms with Gasteiger partial charge in [0.2, 0.25) is 6.79 Å². The zero-order valence-electron chi connectivity index (χ0n) is 8.89. The number of hydrogen-bond donors (Lipinski definition) is 1. The van der Waals surface area contributed by atoms with Gasteiger partial charge in [0, 0.05) is 23.2 Å². The molecule has 0 spiro atoms. The molecular weight excluding hydrogens is 214 g/mol. The summed E-state index contributed by atoms with van der Waals surface area (Å²) in [5, 5.41) is 3.85. The third-order valence-electron chi connectivity index (χ3n) is 2.53. The molecule has 3 nitrogen and oxygen atoms in total. The molecule has 0 atom stereocenters. The van der Waals surface area contributed by atoms with Crippen molar-refractivity contribution in [1.29, 1.82) is 0 Å². The molecule has 0 unspecified atom stereocenters. The minimum atomic E-state index is 0.293. The molecular formula is C11H14ClNO2. The second-order valence-electron chi connectivity index (χ2n) is 3.43. The van der Waals surface area contributed by atoms with Crippen LogP contribution in [0, 0.1) is 0 Å². The lowest BCUT2D eigenvalue weighted by molar-refractivity contribution is 0.173. The third kappa shape index (κ3) is 1.77. The molecule has 82 valence electrons. The van der Waals surface area contributed by atoms with Crippen molar-refractivity contribution in [2.45, 2.75) is 19.9 Å². The van der Waals surface area contributed by atoms with E-state index in [-0.39, 0.29) is 0 Å². The number of rotatable bonds is 3. The van der Waals surface area contributed by atoms with Crippen molar-refractivity contribution < 1.29 is 9.47 Å². The van der Waals surface area contributed by atoms with Crippen molar-refractivity contribution in [2.24, 2.45) is 0 Å². The first-order valence-electron chi connectivity index (χ1n) is 5.02. The first-order valence-corrected chi connectivity index (χ1v) is 5.40. The van der Waals surface area contributed by atoms with Gasteiger partial charge in [0.15, 0.2) is 11.5 Å². The van der Waals surface area contributed by atoms with Gasteiger partial charge >= 0.3 is 0 Å². The van der Waals surface area contributed by atoms with Crippen molar-refractivity contribution in [1.82, 2.24) is 5.32 Å². The fourth-order valence-electron chi connectivity index (χ4n) is 1.86. The summed E-state index contributed by atoms with van der Waals surface area (Å²) in [6.07, 6.45) is 0.892. The van der Waals surface area contributed by atoms with Crippen LogP contribution in [-0.4, -0.2) is 13.8 Å². The van der Waals surface area contributed by atoms with Crippen LogP contribution < -0.4 is 14.8 Å². The SMILES string of the molecule is CCc1c(CNC)c(Cl)cc2c1OCO2. The lowest BCUT2D eigenvalue weighted by Crippen LogP contribution is -2.08. The zero-order valence-corrected chi connectivity index (χ0v) is 9.65. The smallest absolute Gasteiger partial charge is 0.231 e. The number of fused-ring (bicyclic) bond motifs is 1. The Morgan fingerprint density at radius 3 is 2.87 bits per heavy atom. The number of nitrogens with one attached hydrogen (secondary N) is 1. The van der Waals surface area contributed by atoms with Gasteiger partial charge in [0.25, 0.3) is 0 Å². The van der Waals surface area contributed by atoms with E-state index in [9.17, 15) is 0 Å². The summed E-state index contributed by atoms with van der Waals surface area (Å²) in [7, 11) is 1.90. The molecule has 1 aliphatic heterocycles. The fraction of sp³-hybridized carbons (Fsp3) is 0.455. The van der Waals surface area contributed by atoms with Gasteiger partial charge in [-0.25, -0.2) is 0 Å². The van der Waals surface area contributed by atoms with Gasteiger partial charge in [0.05, 0.1) is 0 Å². The summed E-state index contributed by atoms with van der Waals surface area (Å²) in [5.41, 5.74) is 2.25. The normalized spacial score (nSPS) is 13.3. The van der Waals surface area contributed by atoms with Crippen molar-refractivity contribution in [3.05, 3.63) is 22.2 Å². The Balaban J connectivity index is 2.53. The van der Waals surface area contributed by atoms with E-state index in [1.807, 2.05) is 13.1 Å². The summed E-state index contributed by atoms with van der Waals surface area (Å²) < 4.78 is 10.8. The van der Waals surface area contributed by atoms with Crippen LogP contribution in [0.1, 0.15) is 18.1 Å². The highest BCUT2D eigenvalue weighted by Crippen LogP contribution is 2.41. The third-order valence-corrected chi connectivity index (χ3v) is 2.87. The molecule has 0 aromatic heterocycles. The molecule has 15 heavy (non-hydrogen) atoms. The Morgan fingerprint density at radius 1 is 1.40 bits per heavy atom. The van der Waals surface area contributed by atoms with Crippen LogP contribution in [0.3, 0.4) is 0 Å². The predicted octanol–water partition coefficient (Wildman–Crippen LogP) is 2.35. The summed E-state index contributed by atoms with van der Waals surface area (Å²) in [6.45, 7) is 3.13. The van der Waals surface area contributed by atoms with E-state index in [2.05, 4.69) is 12.2 Å². The van der Waals surface area contributed by atoms with Crippen molar-refractivity contribution in [3.63, 3.8) is 0 Å². The summed E-state index contributed by atoms with van der Waals surface area (Å²) >= 11 is 6.20. The van der Waals surface area contributed by atoms with Crippen LogP contribution in [0.25, 0.3) is 0 Å². The van der Waals surface area contributed by atoms with Gasteiger partial charge < -0.3 is 14.8 Å². The first-order chi connectivity index (χ1) is 7.27. The van der Waals surface area contributed by atoms with Gasteiger partial charge in [-0.3, -0.25) is 0 Å². The Labute approximate surface area is 94.3 Å². The van der Waals surface area contributed by atoms with Gasteiger partial charge in [-0.2, -0.15) is 0 Å². The summed E-state index contributed by atoms with van der Waals surface area (Å²) in [6, 6.07) is 1.83. The standard InChI is InChI=1S/C11H14ClNO2/c1-3-7-8(5-13-2)9(12)4-10-11(7)15-6-14-10/h4,13H,3,5-6H2,1-2H3. The lowest BCUT2D eigenvalue weighted by atomic mass is 10.0. The van der Waals surface area contributed by atoms with E-state index >= 15 is 0 Å². The lowest BCUT2D eigenvalue weighted by Gasteiger charge is -2.12. The van der Waals surface area contributed by atoms with Crippen molar-refractivity contribution in [3.8, 4) is 11.5 Å². The average molecular weight is 228 g/mol. The van der Waals surface area contributed by atoms with Gasteiger partial charge in [-0.1, -0.05) is 18.5 Å². The molecule has 0 saturated heterocycles. The Bertz CT molecular complexity index is 379. The van der Waals surface area contributed by atoms with E-state index < -0.39 is 0 Å². The maximum absolute atomic E-state index is 6.20. The fourth-order valence-corrected chi connectivity index (χ4v) is 2.14. The van der Waals surface area contributed by atoms with Crippen molar-refractivity contribution >= 4 is 11.6 Å². The Morgan fingerprint density at radius 2 is 2.20 bits per heavy atom. The summed E-state index contributed by atoms with van der Waals surface area (Å²) in [4.78, 5) is 0. The molecule has 1 aliphatic rings. The zero-order chi connectivity index (χ0) is 10.8. The van der Waals surface area contributed by atoms with Gasteiger partial charge in [-0.15, -0.1) is 0 Å². The highest BCUT2D eigenvalue weighted by atomic mass is 35.5. The highest BCUT2D eigenvalue weighted by Gasteiger charge is 2.22. The maximum atomic E-state index is 6.20. The molecule has 0 radical (unpaired) electrons. The number of hydrogen-bond acceptors (Lipinski definition) is 3. The molecule has 0 amide bonds. The van der Waals surface area contributed by atoms with E-state index in [1.165, 1.54) is 0 Å². The molecule has 1 aromatic carbocycles. The van der Waals surface area contributed by atoms with E-state index in [0.717, 1.165) is 40.6 Å². The van der Waals surface area contributed by atoms with Crippen LogP contribution in [0.15, 0.2) is 6.07 Å². The molecule has 0 aliphatic carbocycles. The van der Waals surface area contributed by atoms with Crippen LogP contribution >= 0.6 is 11.6 Å². The molecule has 0 bridgehead atoms. The maximum Gasteiger partial charge on any atom is 0.231 e. The molecule has 4 heteroatoms. The topological polar surface area (TPSA) is 30.5 Å². The Hall–Kier alpha value is -0.930.